The molecular formula is C12H18N6. The highest BCUT2D eigenvalue weighted by atomic mass is 15.3. The van der Waals surface area contributed by atoms with Gasteiger partial charge in [-0.2, -0.15) is 5.10 Å². The van der Waals surface area contributed by atoms with E-state index in [9.17, 15) is 0 Å². The van der Waals surface area contributed by atoms with Crippen LogP contribution in [0.3, 0.4) is 0 Å². The first-order valence-electron chi connectivity index (χ1n) is 6.44. The van der Waals surface area contributed by atoms with Crippen molar-refractivity contribution in [3.63, 3.8) is 0 Å². The molecule has 6 nitrogen and oxygen atoms in total. The lowest BCUT2D eigenvalue weighted by molar-refractivity contribution is 0.574. The van der Waals surface area contributed by atoms with E-state index in [2.05, 4.69) is 25.7 Å². The van der Waals surface area contributed by atoms with Crippen molar-refractivity contribution in [3.8, 4) is 0 Å². The zero-order valence-corrected chi connectivity index (χ0v) is 10.6. The number of hydrogen-bond acceptors (Lipinski definition) is 5. The first-order valence-corrected chi connectivity index (χ1v) is 6.44. The van der Waals surface area contributed by atoms with Crippen LogP contribution < -0.4 is 10.6 Å². The molecule has 0 saturated carbocycles. The molecular weight excluding hydrogens is 228 g/mol. The van der Waals surface area contributed by atoms with Gasteiger partial charge in [0, 0.05) is 19.6 Å². The van der Waals surface area contributed by atoms with Crippen LogP contribution in [0.25, 0.3) is 11.0 Å². The Morgan fingerprint density at radius 2 is 2.44 bits per heavy atom. The fourth-order valence-corrected chi connectivity index (χ4v) is 2.47. The highest BCUT2D eigenvalue weighted by Crippen LogP contribution is 2.18. The van der Waals surface area contributed by atoms with Crippen LogP contribution in [0.5, 0.6) is 0 Å². The zero-order chi connectivity index (χ0) is 12.4. The third-order valence-corrected chi connectivity index (χ3v) is 3.48. The smallest absolute Gasteiger partial charge is 0.163 e. The molecule has 0 aromatic carbocycles. The van der Waals surface area contributed by atoms with Gasteiger partial charge in [-0.05, 0) is 25.8 Å². The number of fused-ring (bicyclic) bond motifs is 1. The molecule has 3 rings (SSSR count). The Balaban J connectivity index is 1.66. The lowest BCUT2D eigenvalue weighted by Gasteiger charge is -2.11. The van der Waals surface area contributed by atoms with E-state index in [-0.39, 0.29) is 0 Å². The van der Waals surface area contributed by atoms with E-state index in [4.69, 9.17) is 0 Å². The van der Waals surface area contributed by atoms with Gasteiger partial charge in [-0.15, -0.1) is 0 Å². The second-order valence-electron chi connectivity index (χ2n) is 4.74. The molecule has 2 aromatic heterocycles. The van der Waals surface area contributed by atoms with Gasteiger partial charge in [0.15, 0.2) is 5.65 Å². The summed E-state index contributed by atoms with van der Waals surface area (Å²) in [6, 6.07) is 0.656. The average Bonchev–Trinajstić information content (AvgIpc) is 3.01. The molecule has 96 valence electrons. The molecule has 1 atom stereocenters. The lowest BCUT2D eigenvalue weighted by Crippen LogP contribution is -2.24. The predicted molar refractivity (Wildman–Crippen MR) is 70.4 cm³/mol. The largest absolute Gasteiger partial charge is 0.369 e. The Hall–Kier alpha value is -1.69. The molecule has 0 amide bonds. The summed E-state index contributed by atoms with van der Waals surface area (Å²) < 4.78 is 1.76. The van der Waals surface area contributed by atoms with Gasteiger partial charge >= 0.3 is 0 Å². The number of rotatable bonds is 4. The van der Waals surface area contributed by atoms with E-state index in [1.54, 1.807) is 11.0 Å². The van der Waals surface area contributed by atoms with E-state index in [0.29, 0.717) is 6.04 Å². The normalized spacial score (nSPS) is 19.5. The number of aryl methyl sites for hydroxylation is 1. The van der Waals surface area contributed by atoms with E-state index in [0.717, 1.165) is 36.4 Å². The Labute approximate surface area is 106 Å². The van der Waals surface area contributed by atoms with Crippen molar-refractivity contribution < 1.29 is 0 Å². The van der Waals surface area contributed by atoms with Crippen LogP contribution in [0.15, 0.2) is 12.5 Å². The summed E-state index contributed by atoms with van der Waals surface area (Å²) in [4.78, 5) is 8.51. The summed E-state index contributed by atoms with van der Waals surface area (Å²) in [5.41, 5.74) is 0.867. The van der Waals surface area contributed by atoms with E-state index < -0.39 is 0 Å². The fourth-order valence-electron chi connectivity index (χ4n) is 2.47. The Kier molecular flexibility index (Phi) is 3.10. The van der Waals surface area contributed by atoms with Gasteiger partial charge in [0.25, 0.3) is 0 Å². The molecule has 2 aromatic rings. The minimum Gasteiger partial charge on any atom is -0.369 e. The number of hydrogen-bond donors (Lipinski definition) is 2. The van der Waals surface area contributed by atoms with E-state index in [1.807, 2.05) is 13.2 Å². The van der Waals surface area contributed by atoms with Gasteiger partial charge in [0.1, 0.15) is 12.1 Å². The molecule has 1 aliphatic heterocycles. The summed E-state index contributed by atoms with van der Waals surface area (Å²) in [5.74, 6) is 0.881. The van der Waals surface area contributed by atoms with Crippen molar-refractivity contribution in [1.29, 1.82) is 0 Å². The molecule has 0 spiro atoms. The molecule has 3 heterocycles. The molecule has 1 fully saturated rings. The SMILES string of the molecule is Cn1ncc2c(NCC[C@@H]3CCCN3)ncnc21. The number of anilines is 1. The molecule has 1 aliphatic rings. The van der Waals surface area contributed by atoms with Gasteiger partial charge in [-0.1, -0.05) is 0 Å². The molecule has 18 heavy (non-hydrogen) atoms. The Morgan fingerprint density at radius 1 is 1.50 bits per heavy atom. The summed E-state index contributed by atoms with van der Waals surface area (Å²) in [5, 5.41) is 12.1. The maximum atomic E-state index is 4.29. The van der Waals surface area contributed by atoms with Crippen LogP contribution in [0, 0.1) is 0 Å². The van der Waals surface area contributed by atoms with Crippen LogP contribution in [-0.2, 0) is 7.05 Å². The topological polar surface area (TPSA) is 67.7 Å². The molecule has 0 unspecified atom stereocenters. The Bertz CT molecular complexity index is 528. The van der Waals surface area contributed by atoms with Gasteiger partial charge in [0.2, 0.25) is 0 Å². The highest BCUT2D eigenvalue weighted by molar-refractivity contribution is 5.85. The standard InChI is InChI=1S/C12H18N6/c1-18-12-10(7-17-18)11(15-8-16-12)14-6-4-9-3-2-5-13-9/h7-9,13H,2-6H2,1H3,(H,14,15,16)/t9-/m0/s1. The van der Waals surface area contributed by atoms with Gasteiger partial charge in [0.05, 0.1) is 11.6 Å². The second-order valence-corrected chi connectivity index (χ2v) is 4.74. The highest BCUT2D eigenvalue weighted by Gasteiger charge is 2.13. The summed E-state index contributed by atoms with van der Waals surface area (Å²) >= 11 is 0. The molecule has 1 saturated heterocycles. The van der Waals surface area contributed by atoms with E-state index >= 15 is 0 Å². The summed E-state index contributed by atoms with van der Waals surface area (Å²) in [6.45, 7) is 2.09. The first kappa shape index (κ1) is 11.4. The van der Waals surface area contributed by atoms with Crippen molar-refractivity contribution in [1.82, 2.24) is 25.1 Å². The molecule has 6 heteroatoms. The third-order valence-electron chi connectivity index (χ3n) is 3.48. The number of aromatic nitrogens is 4. The van der Waals surface area contributed by atoms with Crippen LogP contribution in [0.2, 0.25) is 0 Å². The lowest BCUT2D eigenvalue weighted by atomic mass is 10.1. The van der Waals surface area contributed by atoms with Crippen molar-refractivity contribution >= 4 is 16.9 Å². The van der Waals surface area contributed by atoms with E-state index in [1.165, 1.54) is 12.8 Å². The third kappa shape index (κ3) is 2.15. The molecule has 0 radical (unpaired) electrons. The van der Waals surface area contributed by atoms with Gasteiger partial charge < -0.3 is 10.6 Å². The maximum Gasteiger partial charge on any atom is 0.163 e. The van der Waals surface area contributed by atoms with Crippen molar-refractivity contribution in [3.05, 3.63) is 12.5 Å². The van der Waals surface area contributed by atoms with Crippen LogP contribution >= 0.6 is 0 Å². The minimum atomic E-state index is 0.656. The predicted octanol–water partition coefficient (Wildman–Crippen LogP) is 0.917. The monoisotopic (exact) mass is 246 g/mol. The number of nitrogens with one attached hydrogen (secondary N) is 2. The van der Waals surface area contributed by atoms with Gasteiger partial charge in [-0.3, -0.25) is 4.68 Å². The minimum absolute atomic E-state index is 0.656. The molecule has 2 N–H and O–H groups in total. The first-order chi connectivity index (χ1) is 8.84. The Morgan fingerprint density at radius 3 is 3.28 bits per heavy atom. The molecule has 0 aliphatic carbocycles. The van der Waals surface area contributed by atoms with Crippen LogP contribution in [0.1, 0.15) is 19.3 Å². The zero-order valence-electron chi connectivity index (χ0n) is 10.6. The number of nitrogens with zero attached hydrogens (tertiary/aromatic N) is 4. The van der Waals surface area contributed by atoms with Crippen LogP contribution in [0.4, 0.5) is 5.82 Å². The summed E-state index contributed by atoms with van der Waals surface area (Å²) in [7, 11) is 1.89. The van der Waals surface area contributed by atoms with Crippen molar-refractivity contribution in [2.75, 3.05) is 18.4 Å². The van der Waals surface area contributed by atoms with Crippen molar-refractivity contribution in [2.24, 2.45) is 7.05 Å². The summed E-state index contributed by atoms with van der Waals surface area (Å²) in [6.07, 6.45) is 7.11. The quantitative estimate of drug-likeness (QED) is 0.839. The fraction of sp³-hybridized carbons (Fsp3) is 0.583. The maximum absolute atomic E-state index is 4.29. The average molecular weight is 246 g/mol. The molecule has 0 bridgehead atoms. The van der Waals surface area contributed by atoms with Crippen LogP contribution in [-0.4, -0.2) is 38.9 Å². The van der Waals surface area contributed by atoms with Crippen molar-refractivity contribution in [2.45, 2.75) is 25.3 Å². The second kappa shape index (κ2) is 4.89. The van der Waals surface area contributed by atoms with Gasteiger partial charge in [-0.25, -0.2) is 9.97 Å².